The number of aliphatic hydroxyl groups is 1. The maximum absolute atomic E-state index is 8.62. The first kappa shape index (κ1) is 16.8. The van der Waals surface area contributed by atoms with Crippen molar-refractivity contribution >= 4 is 0 Å². The lowest BCUT2D eigenvalue weighted by Crippen LogP contribution is -2.19. The third kappa shape index (κ3) is 12.1. The number of aliphatic hydroxyl groups excluding tert-OH is 1. The van der Waals surface area contributed by atoms with E-state index in [-0.39, 0.29) is 0 Å². The summed E-state index contributed by atoms with van der Waals surface area (Å²) in [7, 11) is 1.58. The minimum atomic E-state index is -0.510. The van der Waals surface area contributed by atoms with Crippen LogP contribution in [0.3, 0.4) is 0 Å². The molecule has 0 bridgehead atoms. The van der Waals surface area contributed by atoms with Crippen LogP contribution in [-0.4, -0.2) is 38.5 Å². The second kappa shape index (κ2) is 13.9. The van der Waals surface area contributed by atoms with Gasteiger partial charge in [0.25, 0.3) is 6.48 Å². The fourth-order valence-corrected chi connectivity index (χ4v) is 1.60. The minimum Gasteiger partial charge on any atom is -0.396 e. The van der Waals surface area contributed by atoms with E-state index >= 15 is 0 Å². The smallest absolute Gasteiger partial charge is 0.271 e. The van der Waals surface area contributed by atoms with Gasteiger partial charge in [-0.1, -0.05) is 32.1 Å². The first-order valence-electron chi connectivity index (χ1n) is 6.72. The first-order valence-corrected chi connectivity index (χ1v) is 6.72. The van der Waals surface area contributed by atoms with Crippen molar-refractivity contribution in [3.8, 4) is 0 Å². The van der Waals surface area contributed by atoms with E-state index in [4.69, 9.17) is 19.3 Å². The summed E-state index contributed by atoms with van der Waals surface area (Å²) in [5, 5.41) is 8.62. The predicted octanol–water partition coefficient (Wildman–Crippen LogP) is 2.69. The molecular weight excluding hydrogens is 220 g/mol. The topological polar surface area (TPSA) is 47.9 Å². The van der Waals surface area contributed by atoms with Crippen LogP contribution < -0.4 is 0 Å². The molecule has 1 N–H and O–H groups in total. The highest BCUT2D eigenvalue weighted by atomic mass is 16.8. The van der Waals surface area contributed by atoms with Crippen LogP contribution in [0.2, 0.25) is 0 Å². The molecule has 0 aliphatic heterocycles. The Morgan fingerprint density at radius 2 is 1.47 bits per heavy atom. The molecule has 4 nitrogen and oxygen atoms in total. The third-order valence-electron chi connectivity index (χ3n) is 2.55. The number of hydrogen-bond acceptors (Lipinski definition) is 4. The van der Waals surface area contributed by atoms with Crippen molar-refractivity contribution in [2.75, 3.05) is 26.9 Å². The van der Waals surface area contributed by atoms with Crippen molar-refractivity contribution in [2.24, 2.45) is 0 Å². The predicted molar refractivity (Wildman–Crippen MR) is 67.8 cm³/mol. The second-order valence-electron chi connectivity index (χ2n) is 4.05. The Kier molecular flexibility index (Phi) is 13.8. The molecule has 0 spiro atoms. The highest BCUT2D eigenvalue weighted by molar-refractivity contribution is 4.45. The van der Waals surface area contributed by atoms with E-state index in [1.54, 1.807) is 7.11 Å². The molecule has 0 saturated heterocycles. The molecule has 0 radical (unpaired) electrons. The Hall–Kier alpha value is -0.160. The Morgan fingerprint density at radius 1 is 0.882 bits per heavy atom. The third-order valence-corrected chi connectivity index (χ3v) is 2.55. The molecule has 0 aromatic heterocycles. The zero-order chi connectivity index (χ0) is 12.8. The van der Waals surface area contributed by atoms with Gasteiger partial charge in [0.1, 0.15) is 0 Å². The summed E-state index contributed by atoms with van der Waals surface area (Å²) in [6.07, 6.45) is 8.02. The Morgan fingerprint density at radius 3 is 2.00 bits per heavy atom. The van der Waals surface area contributed by atoms with E-state index in [1.807, 2.05) is 6.92 Å². The van der Waals surface area contributed by atoms with Gasteiger partial charge < -0.3 is 19.3 Å². The van der Waals surface area contributed by atoms with E-state index < -0.39 is 6.48 Å². The van der Waals surface area contributed by atoms with E-state index in [0.29, 0.717) is 19.8 Å². The molecule has 1 unspecified atom stereocenters. The van der Waals surface area contributed by atoms with Crippen molar-refractivity contribution < 1.29 is 19.3 Å². The molecule has 0 aromatic rings. The van der Waals surface area contributed by atoms with Gasteiger partial charge in [0.05, 0.1) is 6.61 Å². The molecule has 104 valence electrons. The number of unbranched alkanes of at least 4 members (excludes halogenated alkanes) is 6. The van der Waals surface area contributed by atoms with Crippen LogP contribution in [0.25, 0.3) is 0 Å². The van der Waals surface area contributed by atoms with E-state index in [9.17, 15) is 0 Å². The van der Waals surface area contributed by atoms with E-state index in [0.717, 1.165) is 19.3 Å². The summed E-state index contributed by atoms with van der Waals surface area (Å²) in [5.41, 5.74) is 0. The maximum atomic E-state index is 8.62. The van der Waals surface area contributed by atoms with Crippen LogP contribution >= 0.6 is 0 Å². The standard InChI is InChI=1S/C13H28O4/c1-3-16-13(15-2)17-12-10-8-6-4-5-7-9-11-14/h13-14H,3-12H2,1-2H3. The van der Waals surface area contributed by atoms with Crippen molar-refractivity contribution in [1.29, 1.82) is 0 Å². The lowest BCUT2D eigenvalue weighted by Gasteiger charge is -2.15. The van der Waals surface area contributed by atoms with Crippen LogP contribution in [0.1, 0.15) is 51.9 Å². The summed E-state index contributed by atoms with van der Waals surface area (Å²) in [6.45, 7) is 3.02. The van der Waals surface area contributed by atoms with Crippen molar-refractivity contribution in [2.45, 2.75) is 58.3 Å². The van der Waals surface area contributed by atoms with Gasteiger partial charge in [-0.05, 0) is 19.8 Å². The number of rotatable bonds is 13. The molecule has 0 rings (SSSR count). The molecule has 0 saturated carbocycles. The second-order valence-corrected chi connectivity index (χ2v) is 4.05. The number of ether oxygens (including phenoxy) is 3. The van der Waals surface area contributed by atoms with Gasteiger partial charge in [0, 0.05) is 20.3 Å². The molecule has 17 heavy (non-hydrogen) atoms. The Balaban J connectivity index is 3.11. The van der Waals surface area contributed by atoms with Gasteiger partial charge in [-0.2, -0.15) is 0 Å². The largest absolute Gasteiger partial charge is 0.396 e. The van der Waals surface area contributed by atoms with Crippen LogP contribution in [0.4, 0.5) is 0 Å². The average Bonchev–Trinajstić information content (AvgIpc) is 2.35. The van der Waals surface area contributed by atoms with Gasteiger partial charge in [0.2, 0.25) is 0 Å². The van der Waals surface area contributed by atoms with E-state index in [2.05, 4.69) is 0 Å². The molecule has 0 aliphatic carbocycles. The van der Waals surface area contributed by atoms with Crippen LogP contribution in [0.5, 0.6) is 0 Å². The van der Waals surface area contributed by atoms with Crippen molar-refractivity contribution in [3.05, 3.63) is 0 Å². The summed E-state index contributed by atoms with van der Waals surface area (Å²) in [5.74, 6) is 0. The summed E-state index contributed by atoms with van der Waals surface area (Å²) >= 11 is 0. The molecule has 0 amide bonds. The van der Waals surface area contributed by atoms with Gasteiger partial charge in [-0.15, -0.1) is 0 Å². The quantitative estimate of drug-likeness (QED) is 0.402. The Bertz CT molecular complexity index is 141. The molecular formula is C13H28O4. The highest BCUT2D eigenvalue weighted by Crippen LogP contribution is 2.07. The van der Waals surface area contributed by atoms with Crippen LogP contribution in [0, 0.1) is 0 Å². The fourth-order valence-electron chi connectivity index (χ4n) is 1.60. The zero-order valence-electron chi connectivity index (χ0n) is 11.3. The molecule has 0 aliphatic rings. The fraction of sp³-hybridized carbons (Fsp3) is 1.00. The lowest BCUT2D eigenvalue weighted by atomic mass is 10.1. The van der Waals surface area contributed by atoms with E-state index in [1.165, 1.54) is 25.7 Å². The SMILES string of the molecule is CCOC(OC)OCCCCCCCCCO. The molecule has 1 atom stereocenters. The average molecular weight is 248 g/mol. The monoisotopic (exact) mass is 248 g/mol. The van der Waals surface area contributed by atoms with Gasteiger partial charge in [-0.3, -0.25) is 0 Å². The Labute approximate surface area is 105 Å². The van der Waals surface area contributed by atoms with Crippen molar-refractivity contribution in [1.82, 2.24) is 0 Å². The zero-order valence-corrected chi connectivity index (χ0v) is 11.3. The van der Waals surface area contributed by atoms with Gasteiger partial charge >= 0.3 is 0 Å². The first-order chi connectivity index (χ1) is 8.35. The lowest BCUT2D eigenvalue weighted by molar-refractivity contribution is -0.275. The molecule has 0 aromatic carbocycles. The molecule has 4 heteroatoms. The number of methoxy groups -OCH3 is 1. The molecule has 0 heterocycles. The number of hydrogen-bond donors (Lipinski definition) is 1. The summed E-state index contributed by atoms with van der Waals surface area (Å²) in [4.78, 5) is 0. The van der Waals surface area contributed by atoms with Crippen molar-refractivity contribution in [3.63, 3.8) is 0 Å². The minimum absolute atomic E-state index is 0.323. The summed E-state index contributed by atoms with van der Waals surface area (Å²) < 4.78 is 15.6. The maximum Gasteiger partial charge on any atom is 0.271 e. The van der Waals surface area contributed by atoms with Crippen LogP contribution in [-0.2, 0) is 14.2 Å². The normalized spacial score (nSPS) is 12.9. The summed E-state index contributed by atoms with van der Waals surface area (Å²) in [6, 6.07) is 0. The van der Waals surface area contributed by atoms with Gasteiger partial charge in [0.15, 0.2) is 0 Å². The van der Waals surface area contributed by atoms with Crippen LogP contribution in [0.15, 0.2) is 0 Å². The van der Waals surface area contributed by atoms with Gasteiger partial charge in [-0.25, -0.2) is 0 Å². The molecule has 0 fully saturated rings. The highest BCUT2D eigenvalue weighted by Gasteiger charge is 2.04.